The Morgan fingerprint density at radius 1 is 1.27 bits per heavy atom. The minimum absolute atomic E-state index is 0. The molecule has 4 amide bonds. The van der Waals surface area contributed by atoms with Gasteiger partial charge in [0, 0.05) is 39.3 Å². The van der Waals surface area contributed by atoms with Crippen LogP contribution in [0.2, 0.25) is 0 Å². The van der Waals surface area contributed by atoms with Crippen molar-refractivity contribution >= 4 is 30.3 Å². The van der Waals surface area contributed by atoms with Gasteiger partial charge in [-0.15, -0.1) is 12.4 Å². The molecule has 0 aromatic heterocycles. The molecule has 1 spiro atoms. The van der Waals surface area contributed by atoms with Gasteiger partial charge in [-0.3, -0.25) is 19.4 Å². The summed E-state index contributed by atoms with van der Waals surface area (Å²) in [5.74, 6) is -0.403. The van der Waals surface area contributed by atoms with E-state index in [1.165, 1.54) is 0 Å². The van der Waals surface area contributed by atoms with Crippen LogP contribution >= 0.6 is 12.4 Å². The summed E-state index contributed by atoms with van der Waals surface area (Å²) >= 11 is 0. The van der Waals surface area contributed by atoms with Crippen LogP contribution < -0.4 is 16.0 Å². The average Bonchev–Trinajstić information content (AvgIpc) is 2.84. The number of urea groups is 1. The van der Waals surface area contributed by atoms with Crippen LogP contribution in [0, 0.1) is 5.92 Å². The first-order chi connectivity index (χ1) is 12.0. The van der Waals surface area contributed by atoms with Crippen molar-refractivity contribution in [2.24, 2.45) is 5.92 Å². The van der Waals surface area contributed by atoms with Crippen molar-refractivity contribution in [3.63, 3.8) is 0 Å². The van der Waals surface area contributed by atoms with E-state index in [9.17, 15) is 14.4 Å². The van der Waals surface area contributed by atoms with Gasteiger partial charge in [-0.25, -0.2) is 4.79 Å². The number of hydrogen-bond donors (Lipinski definition) is 3. The van der Waals surface area contributed by atoms with Gasteiger partial charge in [0.1, 0.15) is 12.1 Å². The SMILES string of the molecule is CC1CCCCC12NC(=O)N(CC(=O)NCCN1CCNCC1)C2=O.Cl. The van der Waals surface area contributed by atoms with E-state index in [0.29, 0.717) is 13.0 Å². The van der Waals surface area contributed by atoms with E-state index in [-0.39, 0.29) is 36.7 Å². The molecule has 148 valence electrons. The molecule has 3 fully saturated rings. The third-order valence-electron chi connectivity index (χ3n) is 5.76. The largest absolute Gasteiger partial charge is 0.353 e. The van der Waals surface area contributed by atoms with Crippen LogP contribution in [0.25, 0.3) is 0 Å². The molecule has 2 heterocycles. The molecule has 2 aliphatic heterocycles. The summed E-state index contributed by atoms with van der Waals surface area (Å²) in [7, 11) is 0. The van der Waals surface area contributed by atoms with E-state index >= 15 is 0 Å². The maximum absolute atomic E-state index is 12.8. The molecular weight excluding hydrogens is 358 g/mol. The van der Waals surface area contributed by atoms with Crippen LogP contribution in [-0.2, 0) is 9.59 Å². The van der Waals surface area contributed by atoms with E-state index in [1.807, 2.05) is 6.92 Å². The van der Waals surface area contributed by atoms with Crippen LogP contribution in [-0.4, -0.2) is 79.0 Å². The van der Waals surface area contributed by atoms with Crippen molar-refractivity contribution in [1.29, 1.82) is 0 Å². The molecule has 9 heteroatoms. The zero-order valence-electron chi connectivity index (χ0n) is 15.4. The van der Waals surface area contributed by atoms with Crippen molar-refractivity contribution < 1.29 is 14.4 Å². The number of hydrogen-bond acceptors (Lipinski definition) is 5. The highest BCUT2D eigenvalue weighted by atomic mass is 35.5. The summed E-state index contributed by atoms with van der Waals surface area (Å²) in [4.78, 5) is 40.6. The predicted octanol–water partition coefficient (Wildman–Crippen LogP) is -0.0697. The second-order valence-electron chi connectivity index (χ2n) is 7.38. The molecule has 26 heavy (non-hydrogen) atoms. The summed E-state index contributed by atoms with van der Waals surface area (Å²) < 4.78 is 0. The number of nitrogens with zero attached hydrogens (tertiary/aromatic N) is 2. The van der Waals surface area contributed by atoms with Gasteiger partial charge < -0.3 is 16.0 Å². The van der Waals surface area contributed by atoms with Gasteiger partial charge in [-0.05, 0) is 18.8 Å². The Balaban J connectivity index is 0.00000243. The third-order valence-corrected chi connectivity index (χ3v) is 5.76. The number of carbonyl (C=O) groups excluding carboxylic acids is 3. The maximum Gasteiger partial charge on any atom is 0.325 e. The zero-order valence-corrected chi connectivity index (χ0v) is 16.2. The highest BCUT2D eigenvalue weighted by Crippen LogP contribution is 2.38. The van der Waals surface area contributed by atoms with Crippen molar-refractivity contribution in [2.45, 2.75) is 38.1 Å². The van der Waals surface area contributed by atoms with Crippen LogP contribution in [0.5, 0.6) is 0 Å². The lowest BCUT2D eigenvalue weighted by atomic mass is 9.73. The third kappa shape index (κ3) is 4.29. The Bertz CT molecular complexity index is 540. The molecule has 2 saturated heterocycles. The second-order valence-corrected chi connectivity index (χ2v) is 7.38. The fourth-order valence-corrected chi connectivity index (χ4v) is 4.13. The fourth-order valence-electron chi connectivity index (χ4n) is 4.13. The molecule has 8 nitrogen and oxygen atoms in total. The van der Waals surface area contributed by atoms with Crippen LogP contribution in [0.15, 0.2) is 0 Å². The van der Waals surface area contributed by atoms with Crippen molar-refractivity contribution in [3.05, 3.63) is 0 Å². The van der Waals surface area contributed by atoms with Crippen LogP contribution in [0.4, 0.5) is 4.79 Å². The van der Waals surface area contributed by atoms with Gasteiger partial charge in [0.15, 0.2) is 0 Å². The summed E-state index contributed by atoms with van der Waals surface area (Å²) in [6.07, 6.45) is 3.61. The molecule has 0 aromatic rings. The molecule has 3 N–H and O–H groups in total. The first-order valence-electron chi connectivity index (χ1n) is 9.37. The number of piperazine rings is 1. The zero-order chi connectivity index (χ0) is 17.9. The van der Waals surface area contributed by atoms with E-state index in [2.05, 4.69) is 20.9 Å². The smallest absolute Gasteiger partial charge is 0.325 e. The molecule has 2 atom stereocenters. The standard InChI is InChI=1S/C17H29N5O3.ClH/c1-13-4-2-3-5-17(13)15(24)22(16(25)20-17)12-14(23)19-8-11-21-9-6-18-7-10-21;/h13,18H,2-12H2,1H3,(H,19,23)(H,20,25);1H. The normalized spacial score (nSPS) is 29.4. The number of amides is 4. The first kappa shape index (κ1) is 20.9. The van der Waals surface area contributed by atoms with Gasteiger partial charge >= 0.3 is 6.03 Å². The lowest BCUT2D eigenvalue weighted by Gasteiger charge is -2.36. The molecular formula is C17H30ClN5O3. The maximum atomic E-state index is 12.8. The highest BCUT2D eigenvalue weighted by Gasteiger charge is 2.55. The van der Waals surface area contributed by atoms with Crippen LogP contribution in [0.3, 0.4) is 0 Å². The number of nitrogens with one attached hydrogen (secondary N) is 3. The minimum Gasteiger partial charge on any atom is -0.353 e. The Hall–Kier alpha value is -1.38. The molecule has 3 rings (SSSR count). The Morgan fingerprint density at radius 3 is 2.69 bits per heavy atom. The lowest BCUT2D eigenvalue weighted by Crippen LogP contribution is -2.54. The summed E-state index contributed by atoms with van der Waals surface area (Å²) in [6.45, 7) is 7.02. The molecule has 2 unspecified atom stereocenters. The summed E-state index contributed by atoms with van der Waals surface area (Å²) in [5.41, 5.74) is -0.795. The number of carbonyl (C=O) groups is 3. The number of rotatable bonds is 5. The molecule has 1 saturated carbocycles. The van der Waals surface area contributed by atoms with Gasteiger partial charge in [0.05, 0.1) is 0 Å². The van der Waals surface area contributed by atoms with Gasteiger partial charge in [0.25, 0.3) is 5.91 Å². The Labute approximate surface area is 160 Å². The van der Waals surface area contributed by atoms with Gasteiger partial charge in [-0.2, -0.15) is 0 Å². The number of halogens is 1. The van der Waals surface area contributed by atoms with Crippen molar-refractivity contribution in [3.8, 4) is 0 Å². The molecule has 3 aliphatic rings. The lowest BCUT2D eigenvalue weighted by molar-refractivity contribution is -0.137. The van der Waals surface area contributed by atoms with E-state index in [4.69, 9.17) is 0 Å². The highest BCUT2D eigenvalue weighted by molar-refractivity contribution is 6.09. The summed E-state index contributed by atoms with van der Waals surface area (Å²) in [5, 5.41) is 8.99. The monoisotopic (exact) mass is 387 g/mol. The molecule has 0 radical (unpaired) electrons. The van der Waals surface area contributed by atoms with Gasteiger partial charge in [-0.1, -0.05) is 19.8 Å². The second kappa shape index (κ2) is 9.01. The van der Waals surface area contributed by atoms with Crippen molar-refractivity contribution in [1.82, 2.24) is 25.8 Å². The Kier molecular flexibility index (Phi) is 7.25. The molecule has 0 aromatic carbocycles. The first-order valence-corrected chi connectivity index (χ1v) is 9.37. The quantitative estimate of drug-likeness (QED) is 0.574. The van der Waals surface area contributed by atoms with Crippen LogP contribution in [0.1, 0.15) is 32.6 Å². The predicted molar refractivity (Wildman–Crippen MR) is 100 cm³/mol. The van der Waals surface area contributed by atoms with E-state index in [0.717, 1.165) is 56.9 Å². The minimum atomic E-state index is -0.795. The van der Waals surface area contributed by atoms with Crippen molar-refractivity contribution in [2.75, 3.05) is 45.8 Å². The number of imide groups is 1. The molecule has 1 aliphatic carbocycles. The van der Waals surface area contributed by atoms with E-state index < -0.39 is 11.6 Å². The fraction of sp³-hybridized carbons (Fsp3) is 0.824. The summed E-state index contributed by atoms with van der Waals surface area (Å²) in [6, 6.07) is -0.434. The molecule has 0 bridgehead atoms. The average molecular weight is 388 g/mol. The van der Waals surface area contributed by atoms with Gasteiger partial charge in [0.2, 0.25) is 5.91 Å². The Morgan fingerprint density at radius 2 is 2.00 bits per heavy atom. The topological polar surface area (TPSA) is 93.8 Å². The van der Waals surface area contributed by atoms with E-state index in [1.54, 1.807) is 0 Å².